The van der Waals surface area contributed by atoms with Crippen molar-refractivity contribution in [2.45, 2.75) is 45.2 Å². The number of nitrogens with one attached hydrogen (secondary N) is 3. The first-order valence-electron chi connectivity index (χ1n) is 9.64. The molecule has 2 aromatic heterocycles. The van der Waals surface area contributed by atoms with E-state index < -0.39 is 0 Å². The van der Waals surface area contributed by atoms with Crippen LogP contribution in [0.3, 0.4) is 0 Å². The molecule has 2 aromatic rings. The first-order valence-corrected chi connectivity index (χ1v) is 9.64. The topological polar surface area (TPSA) is 98.8 Å². The summed E-state index contributed by atoms with van der Waals surface area (Å²) >= 11 is 0. The van der Waals surface area contributed by atoms with E-state index in [2.05, 4.69) is 35.5 Å². The van der Waals surface area contributed by atoms with Gasteiger partial charge < -0.3 is 20.5 Å². The molecule has 8 nitrogen and oxygen atoms in total. The second-order valence-corrected chi connectivity index (χ2v) is 7.55. The summed E-state index contributed by atoms with van der Waals surface area (Å²) in [6, 6.07) is 0.665. The van der Waals surface area contributed by atoms with E-state index in [9.17, 15) is 4.79 Å². The second-order valence-electron chi connectivity index (χ2n) is 7.55. The number of carbonyl (C=O) groups is 1. The molecule has 1 saturated heterocycles. The number of imidazole rings is 1. The number of aromatic nitrogens is 4. The monoisotopic (exact) mass is 369 g/mol. The molecule has 2 fully saturated rings. The van der Waals surface area contributed by atoms with E-state index in [0.29, 0.717) is 18.0 Å². The van der Waals surface area contributed by atoms with Crippen LogP contribution in [0.2, 0.25) is 0 Å². The Morgan fingerprint density at radius 3 is 2.78 bits per heavy atom. The lowest BCUT2D eigenvalue weighted by Crippen LogP contribution is -2.37. The molecule has 1 aliphatic carbocycles. The van der Waals surface area contributed by atoms with Crippen molar-refractivity contribution in [3.8, 4) is 0 Å². The maximum atomic E-state index is 12.0. The number of aryl methyl sites for hydroxylation is 1. The highest BCUT2D eigenvalue weighted by atomic mass is 16.2. The van der Waals surface area contributed by atoms with Crippen molar-refractivity contribution in [1.82, 2.24) is 30.6 Å². The summed E-state index contributed by atoms with van der Waals surface area (Å²) in [7, 11) is 1.60. The van der Waals surface area contributed by atoms with Gasteiger partial charge in [0.1, 0.15) is 11.6 Å². The number of nitrogens with zero attached hydrogens (tertiary/aromatic N) is 4. The third-order valence-corrected chi connectivity index (χ3v) is 5.60. The zero-order chi connectivity index (χ0) is 19.0. The third kappa shape index (κ3) is 3.66. The SMILES string of the molecule is CNC(=O)c1nc(C)c(C)c(N2CC[C@@H](NC(c3ncc[nH]3)C3CC3)C2)n1. The number of hydrogen-bond donors (Lipinski definition) is 3. The molecule has 8 heteroatoms. The van der Waals surface area contributed by atoms with E-state index in [1.807, 2.05) is 26.2 Å². The Labute approximate surface area is 159 Å². The highest BCUT2D eigenvalue weighted by molar-refractivity contribution is 5.90. The molecule has 27 heavy (non-hydrogen) atoms. The predicted octanol–water partition coefficient (Wildman–Crippen LogP) is 1.50. The van der Waals surface area contributed by atoms with E-state index >= 15 is 0 Å². The Balaban J connectivity index is 1.49. The van der Waals surface area contributed by atoms with Crippen LogP contribution in [-0.4, -0.2) is 52.0 Å². The Hall–Kier alpha value is -2.48. The summed E-state index contributed by atoms with van der Waals surface area (Å²) in [5.74, 6) is 2.56. The third-order valence-electron chi connectivity index (χ3n) is 5.60. The lowest BCUT2D eigenvalue weighted by Gasteiger charge is -2.23. The van der Waals surface area contributed by atoms with Crippen LogP contribution in [0.4, 0.5) is 5.82 Å². The maximum absolute atomic E-state index is 12.0. The molecule has 1 saturated carbocycles. The number of rotatable bonds is 6. The van der Waals surface area contributed by atoms with Crippen molar-refractivity contribution >= 4 is 11.7 Å². The molecule has 0 radical (unpaired) electrons. The van der Waals surface area contributed by atoms with E-state index in [4.69, 9.17) is 0 Å². The number of aromatic amines is 1. The molecular weight excluding hydrogens is 342 g/mol. The van der Waals surface area contributed by atoms with Gasteiger partial charge in [-0.05, 0) is 39.0 Å². The van der Waals surface area contributed by atoms with E-state index in [1.165, 1.54) is 12.8 Å². The molecule has 1 amide bonds. The summed E-state index contributed by atoms with van der Waals surface area (Å²) in [6.45, 7) is 5.74. The fourth-order valence-electron chi connectivity index (χ4n) is 3.79. The Bertz CT molecular complexity index is 816. The fourth-order valence-corrected chi connectivity index (χ4v) is 3.79. The zero-order valence-corrected chi connectivity index (χ0v) is 16.1. The smallest absolute Gasteiger partial charge is 0.288 e. The Morgan fingerprint density at radius 2 is 2.11 bits per heavy atom. The first kappa shape index (κ1) is 17.9. The minimum Gasteiger partial charge on any atom is -0.355 e. The summed E-state index contributed by atoms with van der Waals surface area (Å²) in [5.41, 5.74) is 1.88. The van der Waals surface area contributed by atoms with Gasteiger partial charge in [0.2, 0.25) is 5.82 Å². The van der Waals surface area contributed by atoms with Crippen molar-refractivity contribution in [3.05, 3.63) is 35.3 Å². The highest BCUT2D eigenvalue weighted by Crippen LogP contribution is 2.40. The minimum absolute atomic E-state index is 0.235. The van der Waals surface area contributed by atoms with Crippen molar-refractivity contribution in [2.24, 2.45) is 5.92 Å². The van der Waals surface area contributed by atoms with Gasteiger partial charge >= 0.3 is 0 Å². The van der Waals surface area contributed by atoms with E-state index in [0.717, 1.165) is 42.4 Å². The number of amides is 1. The lowest BCUT2D eigenvalue weighted by molar-refractivity contribution is 0.0952. The van der Waals surface area contributed by atoms with Crippen LogP contribution in [0.1, 0.15) is 53.0 Å². The standard InChI is InChI=1S/C19H27N7O/c1-11-12(2)23-17(19(27)20-3)25-18(11)26-9-6-14(10-26)24-15(13-4-5-13)16-21-7-8-22-16/h7-8,13-15,24H,4-6,9-10H2,1-3H3,(H,20,27)(H,21,22)/t14-,15?/m1/s1. The quantitative estimate of drug-likeness (QED) is 0.714. The summed E-state index contributed by atoms with van der Waals surface area (Å²) < 4.78 is 0. The Kier molecular flexibility index (Phi) is 4.82. The highest BCUT2D eigenvalue weighted by Gasteiger charge is 2.37. The molecular formula is C19H27N7O. The number of H-pyrrole nitrogens is 1. The largest absolute Gasteiger partial charge is 0.355 e. The summed E-state index contributed by atoms with van der Waals surface area (Å²) in [6.07, 6.45) is 7.27. The average Bonchev–Trinajstić information content (AvgIpc) is 3.17. The molecule has 0 bridgehead atoms. The molecule has 4 rings (SSSR count). The van der Waals surface area contributed by atoms with Crippen LogP contribution in [0.5, 0.6) is 0 Å². The molecule has 3 N–H and O–H groups in total. The average molecular weight is 369 g/mol. The van der Waals surface area contributed by atoms with E-state index in [1.54, 1.807) is 7.05 Å². The number of anilines is 1. The van der Waals surface area contributed by atoms with Gasteiger partial charge in [0, 0.05) is 49.8 Å². The molecule has 1 aliphatic heterocycles. The molecule has 0 spiro atoms. The van der Waals surface area contributed by atoms with Crippen LogP contribution >= 0.6 is 0 Å². The fraction of sp³-hybridized carbons (Fsp3) is 0.579. The van der Waals surface area contributed by atoms with Gasteiger partial charge in [-0.25, -0.2) is 15.0 Å². The van der Waals surface area contributed by atoms with Crippen molar-refractivity contribution in [2.75, 3.05) is 25.0 Å². The van der Waals surface area contributed by atoms with Crippen LogP contribution in [0.15, 0.2) is 12.4 Å². The van der Waals surface area contributed by atoms with Crippen LogP contribution in [0, 0.1) is 19.8 Å². The van der Waals surface area contributed by atoms with Gasteiger partial charge in [-0.3, -0.25) is 4.79 Å². The zero-order valence-electron chi connectivity index (χ0n) is 16.1. The minimum atomic E-state index is -0.250. The summed E-state index contributed by atoms with van der Waals surface area (Å²) in [5, 5.41) is 6.41. The van der Waals surface area contributed by atoms with Gasteiger partial charge in [0.15, 0.2) is 0 Å². The molecule has 0 aromatic carbocycles. The normalized spacial score (nSPS) is 20.7. The molecule has 3 heterocycles. The summed E-state index contributed by atoms with van der Waals surface area (Å²) in [4.78, 5) is 30.9. The van der Waals surface area contributed by atoms with Gasteiger partial charge in [-0.15, -0.1) is 0 Å². The van der Waals surface area contributed by atoms with Crippen molar-refractivity contribution < 1.29 is 4.79 Å². The van der Waals surface area contributed by atoms with Gasteiger partial charge in [0.25, 0.3) is 5.91 Å². The van der Waals surface area contributed by atoms with E-state index in [-0.39, 0.29) is 11.7 Å². The first-order chi connectivity index (χ1) is 13.1. The molecule has 1 unspecified atom stereocenters. The number of carbonyl (C=O) groups excluding carboxylic acids is 1. The molecule has 2 aliphatic rings. The van der Waals surface area contributed by atoms with Gasteiger partial charge in [-0.1, -0.05) is 0 Å². The predicted molar refractivity (Wildman–Crippen MR) is 103 cm³/mol. The number of hydrogen-bond acceptors (Lipinski definition) is 6. The Morgan fingerprint density at radius 1 is 1.30 bits per heavy atom. The molecule has 2 atom stereocenters. The van der Waals surface area contributed by atoms with Gasteiger partial charge in [0.05, 0.1) is 6.04 Å². The van der Waals surface area contributed by atoms with Crippen LogP contribution in [0.25, 0.3) is 0 Å². The lowest BCUT2D eigenvalue weighted by atomic mass is 10.1. The molecule has 144 valence electrons. The van der Waals surface area contributed by atoms with Crippen molar-refractivity contribution in [3.63, 3.8) is 0 Å². The van der Waals surface area contributed by atoms with Gasteiger partial charge in [-0.2, -0.15) is 0 Å². The van der Waals surface area contributed by atoms with Crippen LogP contribution in [-0.2, 0) is 0 Å². The maximum Gasteiger partial charge on any atom is 0.288 e. The second kappa shape index (κ2) is 7.26. The van der Waals surface area contributed by atoms with Crippen LogP contribution < -0.4 is 15.5 Å². The van der Waals surface area contributed by atoms with Crippen molar-refractivity contribution in [1.29, 1.82) is 0 Å².